The monoisotopic (exact) mass is 439 g/mol. The van der Waals surface area contributed by atoms with E-state index < -0.39 is 22.9 Å². The quantitative estimate of drug-likeness (QED) is 0.400. The van der Waals surface area contributed by atoms with Crippen LogP contribution >= 0.6 is 0 Å². The van der Waals surface area contributed by atoms with Gasteiger partial charge in [-0.3, -0.25) is 24.5 Å². The highest BCUT2D eigenvalue weighted by atomic mass is 16.6. The predicted molar refractivity (Wildman–Crippen MR) is 117 cm³/mol. The molecule has 1 N–H and O–H groups in total. The van der Waals surface area contributed by atoms with E-state index in [0.717, 1.165) is 19.3 Å². The van der Waals surface area contributed by atoms with Crippen molar-refractivity contribution < 1.29 is 24.0 Å². The molecular weight excluding hydrogens is 414 g/mol. The highest BCUT2D eigenvalue weighted by Crippen LogP contribution is 2.28. The molecule has 32 heavy (non-hydrogen) atoms. The number of nitro groups is 1. The summed E-state index contributed by atoms with van der Waals surface area (Å²) in [6.45, 7) is 1.92. The van der Waals surface area contributed by atoms with Crippen LogP contribution in [0.3, 0.4) is 0 Å². The van der Waals surface area contributed by atoms with Crippen molar-refractivity contribution in [3.05, 3.63) is 69.8 Å². The number of benzene rings is 2. The smallest absolute Gasteiger partial charge is 0.326 e. The van der Waals surface area contributed by atoms with Gasteiger partial charge in [0.15, 0.2) is 0 Å². The molecule has 0 radical (unpaired) electrons. The fraction of sp³-hybridized carbons (Fsp3) is 0.348. The van der Waals surface area contributed by atoms with Crippen LogP contribution in [0.5, 0.6) is 0 Å². The van der Waals surface area contributed by atoms with Crippen LogP contribution in [0, 0.1) is 17.0 Å². The molecule has 1 aliphatic rings. The van der Waals surface area contributed by atoms with Crippen molar-refractivity contribution in [2.24, 2.45) is 0 Å². The predicted octanol–water partition coefficient (Wildman–Crippen LogP) is 3.53. The summed E-state index contributed by atoms with van der Waals surface area (Å²) in [5, 5.41) is 13.9. The van der Waals surface area contributed by atoms with E-state index in [1.54, 1.807) is 43.3 Å². The third-order valence-electron chi connectivity index (χ3n) is 5.19. The minimum atomic E-state index is -1.33. The van der Waals surface area contributed by atoms with Crippen LogP contribution < -0.4 is 5.32 Å². The minimum absolute atomic E-state index is 0.00489. The lowest BCUT2D eigenvalue weighted by Gasteiger charge is -2.22. The third-order valence-corrected chi connectivity index (χ3v) is 5.19. The molecule has 1 saturated heterocycles. The summed E-state index contributed by atoms with van der Waals surface area (Å²) in [5.74, 6) is -1.56. The molecule has 1 fully saturated rings. The zero-order valence-electron chi connectivity index (χ0n) is 17.8. The average Bonchev–Trinajstić information content (AvgIpc) is 2.97. The number of rotatable bonds is 7. The Hall–Kier alpha value is -3.75. The molecule has 9 heteroatoms. The number of amides is 2. The summed E-state index contributed by atoms with van der Waals surface area (Å²) in [4.78, 5) is 50.1. The number of likely N-dealkylation sites (tertiary alicyclic amines) is 1. The summed E-state index contributed by atoms with van der Waals surface area (Å²) in [5.41, 5.74) is 0.829. The van der Waals surface area contributed by atoms with Gasteiger partial charge in [-0.05, 0) is 31.4 Å². The molecule has 1 heterocycles. The number of nitrogens with zero attached hydrogens (tertiary/aromatic N) is 2. The van der Waals surface area contributed by atoms with Gasteiger partial charge in [-0.25, -0.2) is 0 Å². The largest absolute Gasteiger partial charge is 0.446 e. The summed E-state index contributed by atoms with van der Waals surface area (Å²) in [6, 6.07) is 12.8. The Morgan fingerprint density at radius 3 is 2.62 bits per heavy atom. The summed E-state index contributed by atoms with van der Waals surface area (Å²) >= 11 is 0. The van der Waals surface area contributed by atoms with Crippen molar-refractivity contribution in [3.8, 4) is 0 Å². The Bertz CT molecular complexity index is 1010. The van der Waals surface area contributed by atoms with Crippen molar-refractivity contribution in [1.29, 1.82) is 0 Å². The maximum Gasteiger partial charge on any atom is 0.326 e. The van der Waals surface area contributed by atoms with Gasteiger partial charge in [-0.15, -0.1) is 0 Å². The molecule has 0 saturated carbocycles. The third kappa shape index (κ3) is 5.90. The van der Waals surface area contributed by atoms with Crippen molar-refractivity contribution in [3.63, 3.8) is 0 Å². The molecule has 2 amide bonds. The van der Waals surface area contributed by atoms with E-state index in [-0.39, 0.29) is 23.8 Å². The number of hydrogen-bond donors (Lipinski definition) is 1. The molecule has 0 bridgehead atoms. The number of carbonyl (C=O) groups is 3. The van der Waals surface area contributed by atoms with Gasteiger partial charge in [-0.2, -0.15) is 0 Å². The van der Waals surface area contributed by atoms with Crippen molar-refractivity contribution >= 4 is 29.2 Å². The Balaban J connectivity index is 1.79. The molecule has 3 rings (SSSR count). The van der Waals surface area contributed by atoms with Crippen LogP contribution in [0.2, 0.25) is 0 Å². The Labute approximate surface area is 185 Å². The SMILES string of the molecule is Cc1ccc(NC(=O)C(OC(=O)CN2CCCCCC2=O)c2ccccc2)c([N+](=O)[O-])c1. The molecule has 2 aromatic rings. The molecule has 1 atom stereocenters. The Morgan fingerprint density at radius 1 is 1.16 bits per heavy atom. The van der Waals surface area contributed by atoms with Crippen LogP contribution in [0.25, 0.3) is 0 Å². The van der Waals surface area contributed by atoms with E-state index in [0.29, 0.717) is 24.1 Å². The topological polar surface area (TPSA) is 119 Å². The molecular formula is C23H25N3O6. The average molecular weight is 439 g/mol. The second-order valence-corrected chi connectivity index (χ2v) is 7.67. The lowest BCUT2D eigenvalue weighted by Crippen LogP contribution is -2.37. The molecule has 1 unspecified atom stereocenters. The zero-order valence-corrected chi connectivity index (χ0v) is 17.8. The van der Waals surface area contributed by atoms with Crippen LogP contribution in [0.1, 0.15) is 42.9 Å². The molecule has 1 aliphatic heterocycles. The van der Waals surface area contributed by atoms with E-state index in [1.165, 1.54) is 17.0 Å². The molecule has 168 valence electrons. The van der Waals surface area contributed by atoms with Gasteiger partial charge in [0.25, 0.3) is 11.6 Å². The fourth-order valence-corrected chi connectivity index (χ4v) is 3.53. The van der Waals surface area contributed by atoms with E-state index in [9.17, 15) is 24.5 Å². The number of esters is 1. The Morgan fingerprint density at radius 2 is 1.91 bits per heavy atom. The first-order chi connectivity index (χ1) is 15.3. The van der Waals surface area contributed by atoms with Crippen LogP contribution in [-0.2, 0) is 19.1 Å². The van der Waals surface area contributed by atoms with E-state index in [4.69, 9.17) is 4.74 Å². The highest BCUT2D eigenvalue weighted by molar-refractivity contribution is 5.98. The minimum Gasteiger partial charge on any atom is -0.446 e. The van der Waals surface area contributed by atoms with Crippen molar-refractivity contribution in [2.75, 3.05) is 18.4 Å². The van der Waals surface area contributed by atoms with Crippen LogP contribution in [-0.4, -0.2) is 40.7 Å². The lowest BCUT2D eigenvalue weighted by atomic mass is 10.1. The summed E-state index contributed by atoms with van der Waals surface area (Å²) in [7, 11) is 0. The van der Waals surface area contributed by atoms with Gasteiger partial charge in [0.2, 0.25) is 12.0 Å². The summed E-state index contributed by atoms with van der Waals surface area (Å²) in [6.07, 6.45) is 1.56. The first-order valence-electron chi connectivity index (χ1n) is 10.4. The highest BCUT2D eigenvalue weighted by Gasteiger charge is 2.29. The number of nitro benzene ring substituents is 1. The second kappa shape index (κ2) is 10.5. The molecule has 0 aliphatic carbocycles. The Kier molecular flexibility index (Phi) is 7.54. The number of aryl methyl sites for hydroxylation is 1. The van der Waals surface area contributed by atoms with Gasteiger partial charge < -0.3 is 15.0 Å². The maximum atomic E-state index is 13.0. The van der Waals surface area contributed by atoms with E-state index >= 15 is 0 Å². The molecule has 0 spiro atoms. The van der Waals surface area contributed by atoms with Gasteiger partial charge in [0.1, 0.15) is 12.2 Å². The number of anilines is 1. The van der Waals surface area contributed by atoms with Crippen molar-refractivity contribution in [1.82, 2.24) is 4.90 Å². The lowest BCUT2D eigenvalue weighted by molar-refractivity contribution is -0.384. The number of hydrogen-bond acceptors (Lipinski definition) is 6. The standard InChI is InChI=1S/C23H25N3O6/c1-16-11-12-18(19(14-16)26(30)31)24-23(29)22(17-8-4-2-5-9-17)32-21(28)15-25-13-7-3-6-10-20(25)27/h2,4-5,8-9,11-12,14,22H,3,6-7,10,13,15H2,1H3,(H,24,29). The number of nitrogens with one attached hydrogen (secondary N) is 1. The first kappa shape index (κ1) is 22.9. The van der Waals surface area contributed by atoms with Gasteiger partial charge in [0, 0.05) is 24.6 Å². The van der Waals surface area contributed by atoms with Gasteiger partial charge >= 0.3 is 5.97 Å². The van der Waals surface area contributed by atoms with Crippen molar-refractivity contribution in [2.45, 2.75) is 38.7 Å². The maximum absolute atomic E-state index is 13.0. The van der Waals surface area contributed by atoms with Gasteiger partial charge in [-0.1, -0.05) is 42.8 Å². The number of ether oxygens (including phenoxy) is 1. The van der Waals surface area contributed by atoms with Crippen LogP contribution in [0.15, 0.2) is 48.5 Å². The zero-order chi connectivity index (χ0) is 23.1. The van der Waals surface area contributed by atoms with Gasteiger partial charge in [0.05, 0.1) is 4.92 Å². The fourth-order valence-electron chi connectivity index (χ4n) is 3.53. The van der Waals surface area contributed by atoms with E-state index in [1.807, 2.05) is 0 Å². The van der Waals surface area contributed by atoms with Crippen LogP contribution in [0.4, 0.5) is 11.4 Å². The molecule has 0 aromatic heterocycles. The summed E-state index contributed by atoms with van der Waals surface area (Å²) < 4.78 is 5.47. The molecule has 2 aromatic carbocycles. The second-order valence-electron chi connectivity index (χ2n) is 7.67. The first-order valence-corrected chi connectivity index (χ1v) is 10.4. The normalized spacial score (nSPS) is 14.9. The number of carbonyl (C=O) groups excluding carboxylic acids is 3. The molecule has 9 nitrogen and oxygen atoms in total. The van der Waals surface area contributed by atoms with E-state index in [2.05, 4.69) is 5.32 Å².